The zero-order valence-electron chi connectivity index (χ0n) is 36.8. The second-order valence-corrected chi connectivity index (χ2v) is 18.8. The molecule has 65 heavy (non-hydrogen) atoms. The normalized spacial score (nSPS) is 14.9. The second kappa shape index (κ2) is 27.0. The van der Waals surface area contributed by atoms with Crippen LogP contribution in [0.4, 0.5) is 17.6 Å². The van der Waals surface area contributed by atoms with Crippen LogP contribution in [-0.2, 0) is 6.54 Å². The van der Waals surface area contributed by atoms with E-state index in [2.05, 4.69) is 45.4 Å². The Kier molecular flexibility index (Phi) is 20.7. The SMILES string of the molecule is Fc1ccc(C(SCCN2CCC(NCc3ccccc3)CC2)c2ccc(F)cc2)cc1.NC1CCN(CCSC(c2ccc(F)cc2)c2ccc(F)cc2)CC1.O=Cc1ccccc1. The third-order valence-electron chi connectivity index (χ3n) is 11.7. The molecule has 8 rings (SSSR count). The van der Waals surface area contributed by atoms with Crippen LogP contribution in [0.5, 0.6) is 0 Å². The van der Waals surface area contributed by atoms with Gasteiger partial charge in [-0.05, 0) is 128 Å². The van der Waals surface area contributed by atoms with E-state index in [0.29, 0.717) is 12.1 Å². The van der Waals surface area contributed by atoms with E-state index in [4.69, 9.17) is 5.73 Å². The van der Waals surface area contributed by atoms with E-state index >= 15 is 0 Å². The Morgan fingerprint density at radius 1 is 0.523 bits per heavy atom. The number of aldehydes is 1. The van der Waals surface area contributed by atoms with Crippen LogP contribution >= 0.6 is 23.5 Å². The minimum atomic E-state index is -0.240. The molecule has 2 aliphatic heterocycles. The molecule has 2 fully saturated rings. The summed E-state index contributed by atoms with van der Waals surface area (Å²) >= 11 is 3.66. The fourth-order valence-electron chi connectivity index (χ4n) is 7.85. The van der Waals surface area contributed by atoms with Gasteiger partial charge < -0.3 is 20.9 Å². The number of piperidine rings is 2. The molecule has 6 aromatic rings. The monoisotopic (exact) mass is 920 g/mol. The summed E-state index contributed by atoms with van der Waals surface area (Å²) < 4.78 is 53.3. The van der Waals surface area contributed by atoms with Crippen molar-refractivity contribution in [1.29, 1.82) is 0 Å². The lowest BCUT2D eigenvalue weighted by molar-refractivity contribution is 0.112. The molecule has 0 amide bonds. The quantitative estimate of drug-likeness (QED) is 0.0741. The molecule has 0 atom stereocenters. The minimum Gasteiger partial charge on any atom is -0.328 e. The molecular weight excluding hydrogens is 861 g/mol. The number of benzene rings is 6. The van der Waals surface area contributed by atoms with E-state index in [1.807, 2.05) is 90.3 Å². The van der Waals surface area contributed by atoms with Gasteiger partial charge in [0.05, 0.1) is 10.5 Å². The Labute approximate surface area is 391 Å². The molecule has 0 bridgehead atoms. The molecule has 6 aromatic carbocycles. The molecule has 0 spiro atoms. The molecular formula is C54H60F4N4OS2. The van der Waals surface area contributed by atoms with Crippen LogP contribution in [0.25, 0.3) is 0 Å². The number of nitrogens with one attached hydrogen (secondary N) is 1. The van der Waals surface area contributed by atoms with Gasteiger partial charge in [0.15, 0.2) is 0 Å². The number of halogens is 4. The van der Waals surface area contributed by atoms with Gasteiger partial charge in [-0.15, -0.1) is 23.5 Å². The number of thioether (sulfide) groups is 2. The standard InChI is InChI=1S/C27H30F2N2S.C20H24F2N2S.C7H6O/c28-24-10-6-22(7-11-24)27(23-8-12-25(29)13-9-23)32-19-18-31-16-14-26(15-17-31)30-20-21-4-2-1-3-5-21;21-17-5-1-15(2-6-17)20(16-3-7-18(22)8-4-16)25-14-13-24-11-9-19(23)10-12-24;8-6-7-4-2-1-3-5-7/h1-13,26-27,30H,14-20H2;1-8,19-20H,9-14,23H2;1-6H. The molecule has 5 nitrogen and oxygen atoms in total. The van der Waals surface area contributed by atoms with Crippen molar-refractivity contribution in [3.8, 4) is 0 Å². The lowest BCUT2D eigenvalue weighted by Crippen LogP contribution is -2.42. The number of rotatable bonds is 16. The molecule has 2 aliphatic rings. The smallest absolute Gasteiger partial charge is 0.150 e. The van der Waals surface area contributed by atoms with E-state index < -0.39 is 0 Å². The maximum absolute atomic E-state index is 13.4. The number of hydrogen-bond acceptors (Lipinski definition) is 7. The Morgan fingerprint density at radius 3 is 1.23 bits per heavy atom. The third-order valence-corrected chi connectivity index (χ3v) is 14.3. The first-order valence-corrected chi connectivity index (χ1v) is 24.5. The minimum absolute atomic E-state index is 0.0706. The van der Waals surface area contributed by atoms with Crippen LogP contribution in [0.2, 0.25) is 0 Å². The van der Waals surface area contributed by atoms with Crippen molar-refractivity contribution in [3.05, 3.63) is 214 Å². The zero-order chi connectivity index (χ0) is 45.6. The number of nitrogens with zero attached hydrogens (tertiary/aromatic N) is 2. The molecule has 2 heterocycles. The second-order valence-electron chi connectivity index (χ2n) is 16.4. The van der Waals surface area contributed by atoms with E-state index in [9.17, 15) is 22.4 Å². The van der Waals surface area contributed by atoms with Crippen LogP contribution in [0.3, 0.4) is 0 Å². The maximum Gasteiger partial charge on any atom is 0.150 e. The van der Waals surface area contributed by atoms with E-state index in [0.717, 1.165) is 117 Å². The summed E-state index contributed by atoms with van der Waals surface area (Å²) in [5, 5.41) is 3.84. The Balaban J connectivity index is 0.000000188. The van der Waals surface area contributed by atoms with Crippen LogP contribution in [-0.4, -0.2) is 78.9 Å². The van der Waals surface area contributed by atoms with Gasteiger partial charge in [0.2, 0.25) is 0 Å². The molecule has 342 valence electrons. The lowest BCUT2D eigenvalue weighted by atomic mass is 10.0. The first-order valence-electron chi connectivity index (χ1n) is 22.5. The van der Waals surface area contributed by atoms with E-state index in [-0.39, 0.29) is 33.8 Å². The van der Waals surface area contributed by atoms with Gasteiger partial charge in [-0.3, -0.25) is 4.79 Å². The highest BCUT2D eigenvalue weighted by atomic mass is 32.2. The fraction of sp³-hybridized carbons (Fsp3) is 0.315. The number of carbonyl (C=O) groups is 1. The Morgan fingerprint density at radius 2 is 0.877 bits per heavy atom. The number of carbonyl (C=O) groups excluding carboxylic acids is 1. The molecule has 3 N–H and O–H groups in total. The Bertz CT molecular complexity index is 2130. The summed E-state index contributed by atoms with van der Waals surface area (Å²) in [4.78, 5) is 15.0. The summed E-state index contributed by atoms with van der Waals surface area (Å²) in [5.74, 6) is 0.990. The Hall–Kier alpha value is -4.75. The van der Waals surface area contributed by atoms with Crippen LogP contribution in [0.15, 0.2) is 158 Å². The molecule has 11 heteroatoms. The molecule has 0 saturated carbocycles. The van der Waals surface area contributed by atoms with Crippen molar-refractivity contribution in [2.45, 2.75) is 54.8 Å². The number of hydrogen-bond donors (Lipinski definition) is 2. The van der Waals surface area contributed by atoms with Gasteiger partial charge >= 0.3 is 0 Å². The van der Waals surface area contributed by atoms with Gasteiger partial charge in [0, 0.05) is 48.8 Å². The zero-order valence-corrected chi connectivity index (χ0v) is 38.4. The average Bonchev–Trinajstić information content (AvgIpc) is 3.34. The van der Waals surface area contributed by atoms with E-state index in [1.54, 1.807) is 12.1 Å². The van der Waals surface area contributed by atoms with Crippen LogP contribution in [0.1, 0.15) is 74.4 Å². The fourth-order valence-corrected chi connectivity index (χ4v) is 10.4. The lowest BCUT2D eigenvalue weighted by Gasteiger charge is -2.32. The molecule has 0 radical (unpaired) electrons. The summed E-state index contributed by atoms with van der Waals surface area (Å²) in [6.45, 7) is 7.28. The summed E-state index contributed by atoms with van der Waals surface area (Å²) in [5.41, 5.74) is 12.2. The highest BCUT2D eigenvalue weighted by Crippen LogP contribution is 2.37. The van der Waals surface area contributed by atoms with Gasteiger partial charge in [0.25, 0.3) is 0 Å². The highest BCUT2D eigenvalue weighted by molar-refractivity contribution is 8.00. The van der Waals surface area contributed by atoms with Crippen molar-refractivity contribution in [2.24, 2.45) is 5.73 Å². The van der Waals surface area contributed by atoms with Crippen molar-refractivity contribution in [2.75, 3.05) is 50.8 Å². The highest BCUT2D eigenvalue weighted by Gasteiger charge is 2.21. The van der Waals surface area contributed by atoms with Crippen molar-refractivity contribution in [3.63, 3.8) is 0 Å². The molecule has 2 saturated heterocycles. The third kappa shape index (κ3) is 17.2. The van der Waals surface area contributed by atoms with Gasteiger partial charge in [0.1, 0.15) is 29.6 Å². The van der Waals surface area contributed by atoms with Gasteiger partial charge in [-0.2, -0.15) is 0 Å². The van der Waals surface area contributed by atoms with Crippen molar-refractivity contribution < 1.29 is 22.4 Å². The average molecular weight is 921 g/mol. The predicted octanol–water partition coefficient (Wildman–Crippen LogP) is 11.8. The van der Waals surface area contributed by atoms with Gasteiger partial charge in [-0.25, -0.2) is 17.6 Å². The summed E-state index contributed by atoms with van der Waals surface area (Å²) in [7, 11) is 0. The first kappa shape index (κ1) is 49.7. The van der Waals surface area contributed by atoms with Crippen molar-refractivity contribution >= 4 is 29.8 Å². The predicted molar refractivity (Wildman–Crippen MR) is 262 cm³/mol. The van der Waals surface area contributed by atoms with Crippen LogP contribution in [0, 0.1) is 23.3 Å². The van der Waals surface area contributed by atoms with E-state index in [1.165, 1.54) is 54.1 Å². The summed E-state index contributed by atoms with van der Waals surface area (Å²) in [6.07, 6.45) is 5.28. The van der Waals surface area contributed by atoms with Crippen LogP contribution < -0.4 is 11.1 Å². The topological polar surface area (TPSA) is 61.6 Å². The van der Waals surface area contributed by atoms with Crippen molar-refractivity contribution in [1.82, 2.24) is 15.1 Å². The molecule has 0 unspecified atom stereocenters. The maximum atomic E-state index is 13.4. The largest absolute Gasteiger partial charge is 0.328 e. The molecule has 0 aromatic heterocycles. The van der Waals surface area contributed by atoms with Gasteiger partial charge in [-0.1, -0.05) is 109 Å². The number of nitrogens with two attached hydrogens (primary N) is 1. The number of likely N-dealkylation sites (tertiary alicyclic amines) is 2. The first-order chi connectivity index (χ1) is 31.7. The summed E-state index contributed by atoms with van der Waals surface area (Å²) in [6, 6.07) is 47.1. The molecule has 0 aliphatic carbocycles.